The van der Waals surface area contributed by atoms with Gasteiger partial charge >= 0.3 is 5.97 Å². The lowest BCUT2D eigenvalue weighted by molar-refractivity contribution is -0.117. The number of aryl methyl sites for hydroxylation is 1. The fraction of sp³-hybridized carbons (Fsp3) is 0.438. The van der Waals surface area contributed by atoms with Gasteiger partial charge in [-0.3, -0.25) is 9.59 Å². The topological polar surface area (TPSA) is 63.7 Å². The van der Waals surface area contributed by atoms with Gasteiger partial charge in [-0.2, -0.15) is 0 Å². The predicted molar refractivity (Wildman–Crippen MR) is 86.1 cm³/mol. The van der Waals surface area contributed by atoms with Crippen molar-refractivity contribution in [1.82, 2.24) is 0 Å². The van der Waals surface area contributed by atoms with E-state index < -0.39 is 0 Å². The number of anilines is 1. The highest BCUT2D eigenvalue weighted by Crippen LogP contribution is 2.29. The van der Waals surface area contributed by atoms with Crippen molar-refractivity contribution in [2.75, 3.05) is 24.3 Å². The Morgan fingerprint density at radius 1 is 1.41 bits per heavy atom. The number of thioether (sulfide) groups is 1. The van der Waals surface area contributed by atoms with E-state index in [1.54, 1.807) is 17.0 Å². The average molecular weight is 321 g/mol. The van der Waals surface area contributed by atoms with Gasteiger partial charge in [0.15, 0.2) is 5.12 Å². The molecular weight excluding hydrogens is 302 g/mol. The van der Waals surface area contributed by atoms with Crippen LogP contribution in [0.25, 0.3) is 0 Å². The van der Waals surface area contributed by atoms with Crippen LogP contribution in [0.5, 0.6) is 0 Å². The zero-order valence-corrected chi connectivity index (χ0v) is 13.7. The molecule has 1 aromatic rings. The highest BCUT2D eigenvalue weighted by molar-refractivity contribution is 8.13. The minimum Gasteiger partial charge on any atom is -0.465 e. The molecule has 1 fully saturated rings. The SMILES string of the molecule is COC(=O)c1ccc(N2CC(CSC(C)=O)CC2=O)cc1C. The molecule has 0 radical (unpaired) electrons. The number of nitrogens with zero attached hydrogens (tertiary/aromatic N) is 1. The number of methoxy groups -OCH3 is 1. The van der Waals surface area contributed by atoms with Crippen molar-refractivity contribution >= 4 is 34.4 Å². The fourth-order valence-corrected chi connectivity index (χ4v) is 3.23. The Hall–Kier alpha value is -1.82. The van der Waals surface area contributed by atoms with E-state index >= 15 is 0 Å². The Bertz CT molecular complexity index is 614. The van der Waals surface area contributed by atoms with E-state index in [0.29, 0.717) is 24.3 Å². The molecule has 5 nitrogen and oxygen atoms in total. The molecule has 1 aromatic carbocycles. The molecule has 2 rings (SSSR count). The smallest absolute Gasteiger partial charge is 0.338 e. The van der Waals surface area contributed by atoms with Crippen LogP contribution in [-0.2, 0) is 14.3 Å². The number of ether oxygens (including phenoxy) is 1. The van der Waals surface area contributed by atoms with E-state index in [2.05, 4.69) is 0 Å². The molecule has 118 valence electrons. The summed E-state index contributed by atoms with van der Waals surface area (Å²) in [6.07, 6.45) is 0.456. The number of hydrogen-bond acceptors (Lipinski definition) is 5. The molecule has 1 aliphatic heterocycles. The third-order valence-corrected chi connectivity index (χ3v) is 4.70. The number of benzene rings is 1. The van der Waals surface area contributed by atoms with E-state index in [1.165, 1.54) is 25.8 Å². The molecule has 0 aliphatic carbocycles. The minimum atomic E-state index is -0.382. The van der Waals surface area contributed by atoms with Gasteiger partial charge in [-0.15, -0.1) is 0 Å². The highest BCUT2D eigenvalue weighted by atomic mass is 32.2. The third kappa shape index (κ3) is 3.68. The predicted octanol–water partition coefficient (Wildman–Crippen LogP) is 2.41. The van der Waals surface area contributed by atoms with Crippen LogP contribution < -0.4 is 4.90 Å². The number of hydrogen-bond donors (Lipinski definition) is 0. The van der Waals surface area contributed by atoms with E-state index in [9.17, 15) is 14.4 Å². The first-order chi connectivity index (χ1) is 10.4. The highest BCUT2D eigenvalue weighted by Gasteiger charge is 2.31. The van der Waals surface area contributed by atoms with Crippen LogP contribution >= 0.6 is 11.8 Å². The zero-order valence-electron chi connectivity index (χ0n) is 12.9. The molecule has 0 bridgehead atoms. The molecule has 6 heteroatoms. The van der Waals surface area contributed by atoms with Crippen molar-refractivity contribution in [1.29, 1.82) is 0 Å². The van der Waals surface area contributed by atoms with Crippen LogP contribution in [0.2, 0.25) is 0 Å². The third-order valence-electron chi connectivity index (χ3n) is 3.65. The molecule has 1 atom stereocenters. The molecule has 1 aliphatic rings. The summed E-state index contributed by atoms with van der Waals surface area (Å²) < 4.78 is 4.72. The lowest BCUT2D eigenvalue weighted by Gasteiger charge is -2.18. The molecule has 0 N–H and O–H groups in total. The molecule has 1 amide bonds. The number of carbonyl (C=O) groups is 3. The molecule has 0 spiro atoms. The maximum Gasteiger partial charge on any atom is 0.338 e. The summed E-state index contributed by atoms with van der Waals surface area (Å²) in [7, 11) is 1.34. The summed E-state index contributed by atoms with van der Waals surface area (Å²) >= 11 is 1.26. The fourth-order valence-electron chi connectivity index (χ4n) is 2.53. The zero-order chi connectivity index (χ0) is 16.3. The molecular formula is C16H19NO4S. The molecule has 1 heterocycles. The average Bonchev–Trinajstić information content (AvgIpc) is 2.85. The van der Waals surface area contributed by atoms with Gasteiger partial charge in [-0.05, 0) is 36.6 Å². The van der Waals surface area contributed by atoms with Crippen LogP contribution in [0.15, 0.2) is 18.2 Å². The number of esters is 1. The lowest BCUT2D eigenvalue weighted by Crippen LogP contribution is -2.25. The Balaban J connectivity index is 2.12. The first-order valence-electron chi connectivity index (χ1n) is 7.05. The minimum absolute atomic E-state index is 0.0550. The Morgan fingerprint density at radius 3 is 2.73 bits per heavy atom. The lowest BCUT2D eigenvalue weighted by atomic mass is 10.1. The molecule has 0 aromatic heterocycles. The second kappa shape index (κ2) is 6.96. The summed E-state index contributed by atoms with van der Waals surface area (Å²) in [5, 5.41) is 0.0733. The summed E-state index contributed by atoms with van der Waals surface area (Å²) in [6.45, 7) is 3.96. The van der Waals surface area contributed by atoms with Crippen molar-refractivity contribution in [3.8, 4) is 0 Å². The summed E-state index contributed by atoms with van der Waals surface area (Å²) in [6, 6.07) is 5.27. The number of rotatable bonds is 4. The summed E-state index contributed by atoms with van der Waals surface area (Å²) in [5.41, 5.74) is 2.06. The van der Waals surface area contributed by atoms with Gasteiger partial charge in [0, 0.05) is 31.3 Å². The Labute approximate surface area is 134 Å². The van der Waals surface area contributed by atoms with E-state index in [-0.39, 0.29) is 22.9 Å². The van der Waals surface area contributed by atoms with Crippen LogP contribution in [0, 0.1) is 12.8 Å². The quantitative estimate of drug-likeness (QED) is 0.797. The van der Waals surface area contributed by atoms with Crippen molar-refractivity contribution in [3.05, 3.63) is 29.3 Å². The van der Waals surface area contributed by atoms with E-state index in [0.717, 1.165) is 11.3 Å². The molecule has 0 saturated carbocycles. The van der Waals surface area contributed by atoms with Crippen LogP contribution in [0.3, 0.4) is 0 Å². The molecule has 1 saturated heterocycles. The van der Waals surface area contributed by atoms with Gasteiger partial charge in [0.05, 0.1) is 12.7 Å². The Morgan fingerprint density at radius 2 is 2.14 bits per heavy atom. The van der Waals surface area contributed by atoms with Gasteiger partial charge in [-0.25, -0.2) is 4.79 Å². The number of carbonyl (C=O) groups excluding carboxylic acids is 3. The van der Waals surface area contributed by atoms with Gasteiger partial charge in [0.25, 0.3) is 0 Å². The monoisotopic (exact) mass is 321 g/mol. The largest absolute Gasteiger partial charge is 0.465 e. The second-order valence-electron chi connectivity index (χ2n) is 5.37. The van der Waals surface area contributed by atoms with Crippen molar-refractivity contribution in [2.24, 2.45) is 5.92 Å². The first-order valence-corrected chi connectivity index (χ1v) is 8.03. The van der Waals surface area contributed by atoms with Gasteiger partial charge in [0.1, 0.15) is 0 Å². The maximum absolute atomic E-state index is 12.2. The molecule has 1 unspecified atom stereocenters. The maximum atomic E-state index is 12.2. The standard InChI is InChI=1S/C16H19NO4S/c1-10-6-13(4-5-14(10)16(20)21-3)17-8-12(7-15(17)19)9-22-11(2)18/h4-6,12H,7-9H2,1-3H3. The van der Waals surface area contributed by atoms with Crippen molar-refractivity contribution in [3.63, 3.8) is 0 Å². The van der Waals surface area contributed by atoms with Gasteiger partial charge in [0.2, 0.25) is 5.91 Å². The normalized spacial score (nSPS) is 17.7. The van der Waals surface area contributed by atoms with Crippen LogP contribution in [-0.4, -0.2) is 36.4 Å². The van der Waals surface area contributed by atoms with Crippen molar-refractivity contribution < 1.29 is 19.1 Å². The molecule has 22 heavy (non-hydrogen) atoms. The van der Waals surface area contributed by atoms with Crippen LogP contribution in [0.4, 0.5) is 5.69 Å². The van der Waals surface area contributed by atoms with Crippen molar-refractivity contribution in [2.45, 2.75) is 20.3 Å². The van der Waals surface area contributed by atoms with E-state index in [1.807, 2.05) is 13.0 Å². The van der Waals surface area contributed by atoms with Gasteiger partial charge in [-0.1, -0.05) is 11.8 Å². The van der Waals surface area contributed by atoms with Crippen LogP contribution in [0.1, 0.15) is 29.3 Å². The van der Waals surface area contributed by atoms with Gasteiger partial charge < -0.3 is 9.64 Å². The second-order valence-corrected chi connectivity index (χ2v) is 6.56. The first kappa shape index (κ1) is 16.5. The number of amides is 1. The Kier molecular flexibility index (Phi) is 5.24. The summed E-state index contributed by atoms with van der Waals surface area (Å²) in [4.78, 5) is 36.5. The van der Waals surface area contributed by atoms with E-state index in [4.69, 9.17) is 4.74 Å². The summed E-state index contributed by atoms with van der Waals surface area (Å²) in [5.74, 6) is 0.519.